The zero-order valence-corrected chi connectivity index (χ0v) is 28.7. The third kappa shape index (κ3) is 4.32. The van der Waals surface area contributed by atoms with Crippen molar-refractivity contribution in [3.63, 3.8) is 0 Å². The van der Waals surface area contributed by atoms with Gasteiger partial charge in [0.1, 0.15) is 11.3 Å². The molecule has 13 heteroatoms. The first kappa shape index (κ1) is 32.1. The number of allylic oxidation sites excluding steroid dienone is 2. The Morgan fingerprint density at radius 2 is 1.60 bits per heavy atom. The van der Waals surface area contributed by atoms with Crippen molar-refractivity contribution in [3.8, 4) is 17.2 Å². The highest BCUT2D eigenvalue weighted by molar-refractivity contribution is 9.13. The van der Waals surface area contributed by atoms with Crippen molar-refractivity contribution in [2.45, 2.75) is 25.7 Å². The topological polar surface area (TPSA) is 162 Å². The van der Waals surface area contributed by atoms with Crippen LogP contribution in [0.3, 0.4) is 0 Å². The molecule has 3 N–H and O–H groups in total. The van der Waals surface area contributed by atoms with Gasteiger partial charge in [-0.3, -0.25) is 19.2 Å². The first-order chi connectivity index (χ1) is 22.8. The van der Waals surface area contributed by atoms with Crippen LogP contribution in [-0.4, -0.2) is 52.0 Å². The lowest BCUT2D eigenvalue weighted by Crippen LogP contribution is -2.49. The first-order valence-corrected chi connectivity index (χ1v) is 16.7. The minimum atomic E-state index is -1.36. The van der Waals surface area contributed by atoms with Crippen LogP contribution < -0.4 is 14.5 Å². The van der Waals surface area contributed by atoms with Crippen molar-refractivity contribution >= 4 is 72.8 Å². The van der Waals surface area contributed by atoms with E-state index < -0.39 is 70.4 Å². The molecule has 2 heterocycles. The molecule has 246 valence electrons. The van der Waals surface area contributed by atoms with Gasteiger partial charge in [0.05, 0.1) is 46.1 Å². The third-order valence-electron chi connectivity index (χ3n) is 10.5. The van der Waals surface area contributed by atoms with E-state index in [1.807, 2.05) is 6.08 Å². The number of carboxylic acids is 1. The van der Waals surface area contributed by atoms with Crippen LogP contribution in [0.5, 0.6) is 17.2 Å². The fraction of sp³-hybridized carbons (Fsp3) is 0.286. The van der Waals surface area contributed by atoms with E-state index in [2.05, 4.69) is 31.9 Å². The lowest BCUT2D eigenvalue weighted by atomic mass is 9.51. The van der Waals surface area contributed by atoms with E-state index >= 15 is 0 Å². The Morgan fingerprint density at radius 1 is 0.896 bits per heavy atom. The number of aromatic carboxylic acids is 1. The number of hydrogen-bond acceptors (Lipinski definition) is 8. The SMILES string of the molecule is COc1cc(C2C3=CCC4C(=O)N(c5ccc(C(=O)O)c(O)c5)C(=O)C4C3CC3C(=O)N(c4ccccc4)C(=O)C32C)c(Br)c(Br)c1O. The van der Waals surface area contributed by atoms with Crippen LogP contribution in [0.1, 0.15) is 41.6 Å². The first-order valence-electron chi connectivity index (χ1n) is 15.1. The number of carbonyl (C=O) groups is 5. The zero-order valence-electron chi connectivity index (χ0n) is 25.5. The summed E-state index contributed by atoms with van der Waals surface area (Å²) < 4.78 is 6.21. The van der Waals surface area contributed by atoms with Gasteiger partial charge in [-0.2, -0.15) is 0 Å². The molecule has 2 saturated heterocycles. The lowest BCUT2D eigenvalue weighted by molar-refractivity contribution is -0.131. The summed E-state index contributed by atoms with van der Waals surface area (Å²) in [6.07, 6.45) is 2.19. The molecular formula is C35H28Br2N2O9. The van der Waals surface area contributed by atoms with E-state index in [1.165, 1.54) is 18.1 Å². The number of nitrogens with zero attached hydrogens (tertiary/aromatic N) is 2. The van der Waals surface area contributed by atoms with Crippen molar-refractivity contribution < 1.29 is 44.0 Å². The van der Waals surface area contributed by atoms with Crippen LogP contribution in [0.15, 0.2) is 75.2 Å². The van der Waals surface area contributed by atoms with Gasteiger partial charge in [0.15, 0.2) is 11.5 Å². The standard InChI is InChI=1S/C35H28Br2N2O9/c1-35-22(31(43)39(34(35)47)15-6-4-3-5-7-15)13-20-17(26(35)21-14-24(48-2)29(41)28(37)27(21)36)10-11-19-25(20)32(44)38(30(19)42)16-8-9-18(33(45)46)23(40)12-16/h3-10,12,14,19-20,22,25-26,40-41H,11,13H2,1-2H3,(H,45,46). The maximum Gasteiger partial charge on any atom is 0.339 e. The van der Waals surface area contributed by atoms with Gasteiger partial charge in [0, 0.05) is 16.5 Å². The number of phenols is 2. The number of benzene rings is 3. The smallest absolute Gasteiger partial charge is 0.339 e. The Labute approximate surface area is 291 Å². The highest BCUT2D eigenvalue weighted by atomic mass is 79.9. The average Bonchev–Trinajstić information content (AvgIpc) is 3.43. The van der Waals surface area contributed by atoms with E-state index in [9.17, 15) is 39.3 Å². The molecule has 3 aromatic rings. The van der Waals surface area contributed by atoms with Gasteiger partial charge in [-0.25, -0.2) is 14.6 Å². The summed E-state index contributed by atoms with van der Waals surface area (Å²) in [6.45, 7) is 1.76. The van der Waals surface area contributed by atoms with Crippen LogP contribution >= 0.6 is 31.9 Å². The Balaban J connectivity index is 1.39. The van der Waals surface area contributed by atoms with Crippen molar-refractivity contribution in [2.75, 3.05) is 16.9 Å². The number of halogens is 2. The van der Waals surface area contributed by atoms with Gasteiger partial charge in [-0.1, -0.05) is 29.8 Å². The maximum atomic E-state index is 14.6. The number of carboxylic acid groups (broad SMARTS) is 1. The van der Waals surface area contributed by atoms with E-state index in [0.717, 1.165) is 22.6 Å². The summed E-state index contributed by atoms with van der Waals surface area (Å²) in [7, 11) is 1.40. The molecule has 0 spiro atoms. The van der Waals surface area contributed by atoms with Gasteiger partial charge >= 0.3 is 5.97 Å². The molecule has 2 aliphatic carbocycles. The van der Waals surface area contributed by atoms with Crippen molar-refractivity contribution in [2.24, 2.45) is 29.1 Å². The Morgan fingerprint density at radius 3 is 2.25 bits per heavy atom. The molecule has 6 unspecified atom stereocenters. The number of methoxy groups -OCH3 is 1. The molecule has 4 aliphatic rings. The number of aromatic hydroxyl groups is 2. The minimum absolute atomic E-state index is 0.0398. The second kappa shape index (κ2) is 11.3. The number of carbonyl (C=O) groups excluding carboxylic acids is 4. The number of rotatable bonds is 5. The van der Waals surface area contributed by atoms with Gasteiger partial charge in [0.2, 0.25) is 23.6 Å². The van der Waals surface area contributed by atoms with Gasteiger partial charge in [-0.15, -0.1) is 0 Å². The molecule has 3 fully saturated rings. The number of ether oxygens (including phenoxy) is 1. The molecule has 48 heavy (non-hydrogen) atoms. The number of amides is 4. The minimum Gasteiger partial charge on any atom is -0.507 e. The number of hydrogen-bond donors (Lipinski definition) is 3. The molecule has 4 amide bonds. The Hall–Kier alpha value is -4.49. The number of phenolic OH excluding ortho intramolecular Hbond substituents is 1. The predicted octanol–water partition coefficient (Wildman–Crippen LogP) is 5.76. The van der Waals surface area contributed by atoms with E-state index in [0.29, 0.717) is 15.7 Å². The van der Waals surface area contributed by atoms with Gasteiger partial charge in [0.25, 0.3) is 0 Å². The molecule has 11 nitrogen and oxygen atoms in total. The van der Waals surface area contributed by atoms with Gasteiger partial charge in [-0.05, 0) is 93.4 Å². The second-order valence-corrected chi connectivity index (χ2v) is 14.2. The summed E-state index contributed by atoms with van der Waals surface area (Å²) in [4.78, 5) is 70.8. The molecule has 2 aliphatic heterocycles. The molecule has 3 aromatic carbocycles. The molecular weight excluding hydrogens is 752 g/mol. The summed E-state index contributed by atoms with van der Waals surface area (Å²) >= 11 is 7.05. The molecule has 0 aromatic heterocycles. The summed E-state index contributed by atoms with van der Waals surface area (Å²) in [6, 6.07) is 13.8. The lowest BCUT2D eigenvalue weighted by Gasteiger charge is -2.49. The van der Waals surface area contributed by atoms with Gasteiger partial charge < -0.3 is 20.1 Å². The third-order valence-corrected chi connectivity index (χ3v) is 12.6. The monoisotopic (exact) mass is 778 g/mol. The average molecular weight is 780 g/mol. The highest BCUT2D eigenvalue weighted by Crippen LogP contribution is 2.65. The molecule has 6 atom stereocenters. The van der Waals surface area contributed by atoms with Crippen molar-refractivity contribution in [1.82, 2.24) is 0 Å². The Bertz CT molecular complexity index is 2000. The summed E-state index contributed by atoms with van der Waals surface area (Å²) in [5, 5.41) is 30.5. The molecule has 0 bridgehead atoms. The van der Waals surface area contributed by atoms with Crippen LogP contribution in [0.4, 0.5) is 11.4 Å². The number of anilines is 2. The summed E-state index contributed by atoms with van der Waals surface area (Å²) in [5.41, 5.74) is 0.0366. The fourth-order valence-electron chi connectivity index (χ4n) is 8.25. The van der Waals surface area contributed by atoms with Crippen molar-refractivity contribution in [3.05, 3.63) is 86.3 Å². The van der Waals surface area contributed by atoms with Crippen LogP contribution in [0.25, 0.3) is 0 Å². The van der Waals surface area contributed by atoms with Crippen LogP contribution in [0, 0.1) is 29.1 Å². The number of fused-ring (bicyclic) bond motifs is 4. The quantitative estimate of drug-likeness (QED) is 0.216. The number of imide groups is 2. The largest absolute Gasteiger partial charge is 0.507 e. The molecule has 7 rings (SSSR count). The maximum absolute atomic E-state index is 14.6. The summed E-state index contributed by atoms with van der Waals surface area (Å²) in [5.74, 6) is -7.78. The normalized spacial score (nSPS) is 27.8. The van der Waals surface area contributed by atoms with E-state index in [1.54, 1.807) is 43.3 Å². The Kier molecular flexibility index (Phi) is 7.55. The van der Waals surface area contributed by atoms with E-state index in [-0.39, 0.29) is 40.1 Å². The van der Waals surface area contributed by atoms with Crippen LogP contribution in [0.2, 0.25) is 0 Å². The molecule has 1 saturated carbocycles. The zero-order chi connectivity index (χ0) is 34.4. The fourth-order valence-corrected chi connectivity index (χ4v) is 9.21. The predicted molar refractivity (Wildman–Crippen MR) is 179 cm³/mol. The van der Waals surface area contributed by atoms with E-state index in [4.69, 9.17) is 4.74 Å². The van der Waals surface area contributed by atoms with Crippen LogP contribution in [-0.2, 0) is 19.2 Å². The highest BCUT2D eigenvalue weighted by Gasteiger charge is 2.68. The van der Waals surface area contributed by atoms with Crippen molar-refractivity contribution in [1.29, 1.82) is 0 Å². The molecule has 0 radical (unpaired) electrons. The number of para-hydroxylation sites is 1. The second-order valence-electron chi connectivity index (χ2n) is 12.7.